The minimum Gasteiger partial charge on any atom is -0.465 e. The van der Waals surface area contributed by atoms with Crippen LogP contribution in [0, 0.1) is 5.92 Å². The van der Waals surface area contributed by atoms with Crippen LogP contribution in [-0.2, 0) is 40.0 Å². The van der Waals surface area contributed by atoms with Crippen molar-refractivity contribution in [3.8, 4) is 0 Å². The average molecular weight is 474 g/mol. The maximum absolute atomic E-state index is 12.1. The standard InChI is InChI=1S/C22H27N5O3S2/c1-15(2)14-30-21(29)13-20-26-24-18(31-20)10-6-7-11-19-25-27-22(32-19)23-17(28)12-16-8-4-3-5-9-16/h3-5,8-9,15H,6-7,10-14H2,1-2H3,(H,23,27,28). The summed E-state index contributed by atoms with van der Waals surface area (Å²) in [5.41, 5.74) is 0.960. The van der Waals surface area contributed by atoms with Crippen molar-refractivity contribution >= 4 is 39.7 Å². The average Bonchev–Trinajstić information content (AvgIpc) is 3.39. The van der Waals surface area contributed by atoms with Gasteiger partial charge in [0.05, 0.1) is 19.4 Å². The number of nitrogens with one attached hydrogen (secondary N) is 1. The van der Waals surface area contributed by atoms with Gasteiger partial charge in [-0.05, 0) is 24.3 Å². The predicted molar refractivity (Wildman–Crippen MR) is 125 cm³/mol. The van der Waals surface area contributed by atoms with Gasteiger partial charge >= 0.3 is 5.97 Å². The fraction of sp³-hybridized carbons (Fsp3) is 0.455. The first kappa shape index (κ1) is 23.9. The van der Waals surface area contributed by atoms with E-state index >= 15 is 0 Å². The Morgan fingerprint density at radius 2 is 1.56 bits per heavy atom. The van der Waals surface area contributed by atoms with E-state index in [-0.39, 0.29) is 18.3 Å². The highest BCUT2D eigenvalue weighted by atomic mass is 32.1. The van der Waals surface area contributed by atoms with E-state index in [1.165, 1.54) is 22.7 Å². The molecule has 0 unspecified atom stereocenters. The number of hydrogen-bond donors (Lipinski definition) is 1. The summed E-state index contributed by atoms with van der Waals surface area (Å²) in [7, 11) is 0. The maximum atomic E-state index is 12.1. The Kier molecular flexibility index (Phi) is 9.24. The van der Waals surface area contributed by atoms with E-state index in [9.17, 15) is 9.59 Å². The number of rotatable bonds is 12. The second-order valence-electron chi connectivity index (χ2n) is 7.76. The zero-order valence-electron chi connectivity index (χ0n) is 18.2. The Morgan fingerprint density at radius 3 is 2.28 bits per heavy atom. The summed E-state index contributed by atoms with van der Waals surface area (Å²) in [6, 6.07) is 9.59. The van der Waals surface area contributed by atoms with Crippen molar-refractivity contribution in [2.75, 3.05) is 11.9 Å². The van der Waals surface area contributed by atoms with Gasteiger partial charge < -0.3 is 10.1 Å². The molecule has 1 N–H and O–H groups in total. The monoisotopic (exact) mass is 473 g/mol. The molecule has 0 saturated carbocycles. The lowest BCUT2D eigenvalue weighted by Gasteiger charge is -2.05. The van der Waals surface area contributed by atoms with Crippen LogP contribution >= 0.6 is 22.7 Å². The van der Waals surface area contributed by atoms with E-state index < -0.39 is 0 Å². The highest BCUT2D eigenvalue weighted by molar-refractivity contribution is 7.15. The first-order chi connectivity index (χ1) is 15.5. The second kappa shape index (κ2) is 12.4. The SMILES string of the molecule is CC(C)COC(=O)Cc1nnc(CCCCc2nnc(NC(=O)Cc3ccccc3)s2)s1. The van der Waals surface area contributed by atoms with Gasteiger partial charge in [-0.15, -0.1) is 31.7 Å². The fourth-order valence-corrected chi connectivity index (χ4v) is 4.47. The zero-order chi connectivity index (χ0) is 22.8. The van der Waals surface area contributed by atoms with Crippen LogP contribution in [0.4, 0.5) is 5.13 Å². The van der Waals surface area contributed by atoms with Crippen LogP contribution in [0.1, 0.15) is 47.3 Å². The molecule has 10 heteroatoms. The van der Waals surface area contributed by atoms with Crippen LogP contribution in [0.2, 0.25) is 0 Å². The molecule has 3 aromatic rings. The van der Waals surface area contributed by atoms with Crippen molar-refractivity contribution in [1.29, 1.82) is 0 Å². The molecule has 170 valence electrons. The molecule has 0 fully saturated rings. The summed E-state index contributed by atoms with van der Waals surface area (Å²) in [4.78, 5) is 23.9. The Labute approximate surface area is 195 Å². The molecule has 0 aliphatic rings. The quantitative estimate of drug-likeness (QED) is 0.314. The number of carbonyl (C=O) groups is 2. The van der Waals surface area contributed by atoms with E-state index in [4.69, 9.17) is 4.74 Å². The van der Waals surface area contributed by atoms with Gasteiger partial charge in [0, 0.05) is 12.8 Å². The van der Waals surface area contributed by atoms with Gasteiger partial charge in [0.2, 0.25) is 11.0 Å². The third-order valence-electron chi connectivity index (χ3n) is 4.33. The highest BCUT2D eigenvalue weighted by Crippen LogP contribution is 2.19. The molecule has 2 aromatic heterocycles. The molecule has 2 heterocycles. The van der Waals surface area contributed by atoms with Crippen molar-refractivity contribution in [2.45, 2.75) is 52.4 Å². The number of aromatic nitrogens is 4. The largest absolute Gasteiger partial charge is 0.465 e. The van der Waals surface area contributed by atoms with Gasteiger partial charge in [-0.3, -0.25) is 9.59 Å². The van der Waals surface area contributed by atoms with Gasteiger partial charge in [0.25, 0.3) is 0 Å². The van der Waals surface area contributed by atoms with Gasteiger partial charge in [-0.2, -0.15) is 0 Å². The van der Waals surface area contributed by atoms with Crippen LogP contribution in [0.15, 0.2) is 30.3 Å². The lowest BCUT2D eigenvalue weighted by Crippen LogP contribution is -2.14. The Bertz CT molecular complexity index is 1000. The normalized spacial score (nSPS) is 11.0. The molecule has 0 radical (unpaired) electrons. The number of aryl methyl sites for hydroxylation is 2. The molecule has 0 atom stereocenters. The summed E-state index contributed by atoms with van der Waals surface area (Å²) in [5, 5.41) is 22.3. The third-order valence-corrected chi connectivity index (χ3v) is 6.22. The molecular weight excluding hydrogens is 446 g/mol. The van der Waals surface area contributed by atoms with Crippen LogP contribution in [0.25, 0.3) is 0 Å². The zero-order valence-corrected chi connectivity index (χ0v) is 19.9. The fourth-order valence-electron chi connectivity index (χ4n) is 2.80. The molecule has 0 aliphatic heterocycles. The number of esters is 1. The Morgan fingerprint density at radius 1 is 0.906 bits per heavy atom. The van der Waals surface area contributed by atoms with Crippen molar-refractivity contribution < 1.29 is 14.3 Å². The van der Waals surface area contributed by atoms with E-state index in [1.807, 2.05) is 44.2 Å². The number of benzene rings is 1. The van der Waals surface area contributed by atoms with Crippen molar-refractivity contribution in [2.24, 2.45) is 5.92 Å². The lowest BCUT2D eigenvalue weighted by molar-refractivity contribution is -0.143. The molecule has 1 amide bonds. The summed E-state index contributed by atoms with van der Waals surface area (Å²) in [6.45, 7) is 4.43. The predicted octanol–water partition coefficient (Wildman–Crippen LogP) is 3.88. The molecule has 0 spiro atoms. The molecule has 0 aliphatic carbocycles. The summed E-state index contributed by atoms with van der Waals surface area (Å²) >= 11 is 2.86. The molecular formula is C22H27N5O3S2. The van der Waals surface area contributed by atoms with E-state index in [2.05, 4.69) is 25.7 Å². The number of carbonyl (C=O) groups excluding carboxylic acids is 2. The summed E-state index contributed by atoms with van der Waals surface area (Å²) < 4.78 is 5.18. The number of ether oxygens (including phenoxy) is 1. The smallest absolute Gasteiger partial charge is 0.312 e. The van der Waals surface area contributed by atoms with Gasteiger partial charge in [-0.1, -0.05) is 55.5 Å². The Hall–Kier alpha value is -2.72. The molecule has 8 nitrogen and oxygen atoms in total. The first-order valence-electron chi connectivity index (χ1n) is 10.6. The molecule has 3 rings (SSSR count). The van der Waals surface area contributed by atoms with Gasteiger partial charge in [0.15, 0.2) is 0 Å². The number of anilines is 1. The third kappa shape index (κ3) is 8.43. The molecule has 1 aromatic carbocycles. The minimum atomic E-state index is -0.260. The van der Waals surface area contributed by atoms with Gasteiger partial charge in [0.1, 0.15) is 15.0 Å². The number of amides is 1. The van der Waals surface area contributed by atoms with Crippen molar-refractivity contribution in [3.63, 3.8) is 0 Å². The molecule has 32 heavy (non-hydrogen) atoms. The Balaban J connectivity index is 1.34. The first-order valence-corrected chi connectivity index (χ1v) is 12.2. The summed E-state index contributed by atoms with van der Waals surface area (Å²) in [5.74, 6) is -0.0398. The molecule has 0 saturated heterocycles. The lowest BCUT2D eigenvalue weighted by atomic mass is 10.1. The second-order valence-corrected chi connectivity index (χ2v) is 9.97. The van der Waals surface area contributed by atoms with Crippen LogP contribution in [0.5, 0.6) is 0 Å². The number of nitrogens with zero attached hydrogens (tertiary/aromatic N) is 4. The number of hydrogen-bond acceptors (Lipinski definition) is 9. The minimum absolute atomic E-state index is 0.0981. The van der Waals surface area contributed by atoms with E-state index in [0.717, 1.165) is 41.3 Å². The number of unbranched alkanes of at least 4 members (excludes halogenated alkanes) is 1. The maximum Gasteiger partial charge on any atom is 0.312 e. The van der Waals surface area contributed by atoms with Crippen molar-refractivity contribution in [3.05, 3.63) is 50.9 Å². The van der Waals surface area contributed by atoms with Crippen molar-refractivity contribution in [1.82, 2.24) is 20.4 Å². The van der Waals surface area contributed by atoms with Crippen LogP contribution in [-0.4, -0.2) is 38.9 Å². The van der Waals surface area contributed by atoms with E-state index in [0.29, 0.717) is 29.1 Å². The highest BCUT2D eigenvalue weighted by Gasteiger charge is 2.12. The van der Waals surface area contributed by atoms with Crippen LogP contribution < -0.4 is 5.32 Å². The summed E-state index contributed by atoms with van der Waals surface area (Å²) in [6.07, 6.45) is 3.94. The van der Waals surface area contributed by atoms with Gasteiger partial charge in [-0.25, -0.2) is 0 Å². The topological polar surface area (TPSA) is 107 Å². The molecule has 0 bridgehead atoms. The van der Waals surface area contributed by atoms with Crippen LogP contribution in [0.3, 0.4) is 0 Å². The van der Waals surface area contributed by atoms with E-state index in [1.54, 1.807) is 0 Å².